The summed E-state index contributed by atoms with van der Waals surface area (Å²) in [6.45, 7) is 3.25. The number of alkyl halides is 5. The molecule has 0 radical (unpaired) electrons. The van der Waals surface area contributed by atoms with Crippen LogP contribution in [0.25, 0.3) is 5.78 Å². The molecule has 3 aromatic rings. The second kappa shape index (κ2) is 11.2. The minimum atomic E-state index is -4.43. The molecular formula is C27H33F5N8O2. The van der Waals surface area contributed by atoms with Crippen molar-refractivity contribution in [3.8, 4) is 0 Å². The number of carbonyl (C=O) groups excluding carboxylic acids is 2. The third-order valence-corrected chi connectivity index (χ3v) is 8.24. The van der Waals surface area contributed by atoms with E-state index in [1.807, 2.05) is 13.8 Å². The van der Waals surface area contributed by atoms with E-state index in [0.29, 0.717) is 17.1 Å². The Hall–Kier alpha value is -3.65. The molecule has 4 heterocycles. The Morgan fingerprint density at radius 3 is 2.55 bits per heavy atom. The first-order valence-corrected chi connectivity index (χ1v) is 14.0. The van der Waals surface area contributed by atoms with Crippen LogP contribution in [0.5, 0.6) is 0 Å². The van der Waals surface area contributed by atoms with Crippen LogP contribution in [0.4, 0.5) is 22.0 Å². The monoisotopic (exact) mass is 596 g/mol. The molecule has 1 saturated heterocycles. The molecule has 3 atom stereocenters. The van der Waals surface area contributed by atoms with E-state index in [1.165, 1.54) is 15.4 Å². The lowest BCUT2D eigenvalue weighted by Crippen LogP contribution is -2.47. The molecule has 2 N–H and O–H groups in total. The van der Waals surface area contributed by atoms with Gasteiger partial charge in [0.2, 0.25) is 11.8 Å². The first-order chi connectivity index (χ1) is 19.7. The third kappa shape index (κ3) is 6.24. The van der Waals surface area contributed by atoms with Gasteiger partial charge in [-0.25, -0.2) is 23.3 Å². The van der Waals surface area contributed by atoms with Gasteiger partial charge in [-0.1, -0.05) is 13.8 Å². The van der Waals surface area contributed by atoms with Crippen LogP contribution in [0.3, 0.4) is 0 Å². The average Bonchev–Trinajstić information content (AvgIpc) is 3.53. The number of imidazole rings is 1. The van der Waals surface area contributed by atoms with Gasteiger partial charge in [0.15, 0.2) is 0 Å². The zero-order chi connectivity index (χ0) is 30.4. The molecule has 1 aliphatic carbocycles. The fraction of sp³-hybridized carbons (Fsp3) is 0.630. The maximum absolute atomic E-state index is 14.0. The first kappa shape index (κ1) is 29.8. The highest BCUT2D eigenvalue weighted by Crippen LogP contribution is 2.41. The molecule has 5 rings (SSSR count). The van der Waals surface area contributed by atoms with Crippen molar-refractivity contribution < 1.29 is 31.5 Å². The van der Waals surface area contributed by atoms with E-state index >= 15 is 0 Å². The molecule has 3 aromatic heterocycles. The number of piperidine rings is 1. The maximum Gasteiger partial charge on any atom is 0.393 e. The van der Waals surface area contributed by atoms with Crippen molar-refractivity contribution in [2.75, 3.05) is 6.54 Å². The predicted molar refractivity (Wildman–Crippen MR) is 140 cm³/mol. The second-order valence-electron chi connectivity index (χ2n) is 11.6. The van der Waals surface area contributed by atoms with E-state index in [9.17, 15) is 31.5 Å². The SMILES string of the molecule is CC(C)c1nc2nc([C@@H](NC(=O)c3ccnn3C)C3CCC(F)(F)CC3)cn2nc1C[C@H]1C[C@@H](C(F)(F)F)CNC1=O. The lowest BCUT2D eigenvalue weighted by molar-refractivity contribution is -0.183. The largest absolute Gasteiger partial charge is 0.393 e. The van der Waals surface area contributed by atoms with Gasteiger partial charge >= 0.3 is 6.18 Å². The molecule has 2 fully saturated rings. The van der Waals surface area contributed by atoms with Crippen LogP contribution in [0.2, 0.25) is 0 Å². The number of aromatic nitrogens is 6. The molecule has 228 valence electrons. The summed E-state index contributed by atoms with van der Waals surface area (Å²) in [7, 11) is 1.61. The lowest BCUT2D eigenvalue weighted by Gasteiger charge is -2.33. The van der Waals surface area contributed by atoms with Crippen molar-refractivity contribution in [2.45, 2.75) is 76.4 Å². The van der Waals surface area contributed by atoms with Crippen LogP contribution in [0.15, 0.2) is 18.5 Å². The Morgan fingerprint density at radius 1 is 1.21 bits per heavy atom. The molecule has 2 aliphatic rings. The zero-order valence-corrected chi connectivity index (χ0v) is 23.5. The number of aryl methyl sites for hydroxylation is 1. The van der Waals surface area contributed by atoms with Gasteiger partial charge in [0, 0.05) is 45.0 Å². The topological polar surface area (TPSA) is 119 Å². The van der Waals surface area contributed by atoms with Gasteiger partial charge in [-0.05, 0) is 37.2 Å². The van der Waals surface area contributed by atoms with Crippen molar-refractivity contribution in [3.63, 3.8) is 0 Å². The third-order valence-electron chi connectivity index (χ3n) is 8.24. The number of hydrogen-bond donors (Lipinski definition) is 2. The smallest absolute Gasteiger partial charge is 0.355 e. The fourth-order valence-electron chi connectivity index (χ4n) is 5.84. The number of halogens is 5. The van der Waals surface area contributed by atoms with Gasteiger partial charge in [-0.15, -0.1) is 0 Å². The van der Waals surface area contributed by atoms with E-state index in [4.69, 9.17) is 0 Å². The van der Waals surface area contributed by atoms with Crippen LogP contribution in [-0.2, 0) is 18.3 Å². The van der Waals surface area contributed by atoms with Gasteiger partial charge in [-0.2, -0.15) is 23.4 Å². The van der Waals surface area contributed by atoms with Gasteiger partial charge in [0.25, 0.3) is 11.7 Å². The first-order valence-electron chi connectivity index (χ1n) is 14.0. The number of nitrogens with one attached hydrogen (secondary N) is 2. The summed E-state index contributed by atoms with van der Waals surface area (Å²) in [4.78, 5) is 34.9. The highest BCUT2D eigenvalue weighted by molar-refractivity contribution is 5.92. The Labute approximate surface area is 238 Å². The number of fused-ring (bicyclic) bond motifs is 1. The average molecular weight is 597 g/mol. The number of nitrogens with zero attached hydrogens (tertiary/aromatic N) is 6. The maximum atomic E-state index is 14.0. The van der Waals surface area contributed by atoms with Crippen molar-refractivity contribution in [1.82, 2.24) is 40.0 Å². The molecule has 1 saturated carbocycles. The molecule has 0 bridgehead atoms. The summed E-state index contributed by atoms with van der Waals surface area (Å²) in [6, 6.07) is 0.815. The van der Waals surface area contributed by atoms with Crippen LogP contribution in [-0.4, -0.2) is 59.8 Å². The normalized spacial score (nSPS) is 22.4. The van der Waals surface area contributed by atoms with Gasteiger partial charge in [-0.3, -0.25) is 14.3 Å². The minimum absolute atomic E-state index is 0.0409. The Bertz CT molecular complexity index is 1460. The molecule has 15 heteroatoms. The Morgan fingerprint density at radius 2 is 1.93 bits per heavy atom. The summed E-state index contributed by atoms with van der Waals surface area (Å²) >= 11 is 0. The summed E-state index contributed by atoms with van der Waals surface area (Å²) in [5.41, 5.74) is 1.53. The number of hydrogen-bond acceptors (Lipinski definition) is 6. The number of amides is 2. The van der Waals surface area contributed by atoms with Gasteiger partial charge in [0.05, 0.1) is 35.2 Å². The van der Waals surface area contributed by atoms with E-state index < -0.39 is 48.3 Å². The molecule has 0 spiro atoms. The molecular weight excluding hydrogens is 563 g/mol. The summed E-state index contributed by atoms with van der Waals surface area (Å²) in [5.74, 6) is -6.58. The summed E-state index contributed by atoms with van der Waals surface area (Å²) < 4.78 is 71.0. The predicted octanol–water partition coefficient (Wildman–Crippen LogP) is 4.13. The Kier molecular flexibility index (Phi) is 7.96. The van der Waals surface area contributed by atoms with Crippen LogP contribution in [0, 0.1) is 17.8 Å². The molecule has 1 aliphatic heterocycles. The highest BCUT2D eigenvalue weighted by Gasteiger charge is 2.45. The molecule has 42 heavy (non-hydrogen) atoms. The van der Waals surface area contributed by atoms with E-state index in [0.717, 1.165) is 0 Å². The van der Waals surface area contributed by atoms with Crippen molar-refractivity contribution >= 4 is 17.6 Å². The lowest BCUT2D eigenvalue weighted by atomic mass is 9.81. The number of carbonyl (C=O) groups is 2. The van der Waals surface area contributed by atoms with Crippen molar-refractivity contribution in [3.05, 3.63) is 41.2 Å². The van der Waals surface area contributed by atoms with E-state index in [-0.39, 0.29) is 61.8 Å². The fourth-order valence-corrected chi connectivity index (χ4v) is 5.84. The summed E-state index contributed by atoms with van der Waals surface area (Å²) in [5, 5.41) is 13.9. The minimum Gasteiger partial charge on any atom is -0.355 e. The Balaban J connectivity index is 1.48. The molecule has 2 amide bonds. The second-order valence-corrected chi connectivity index (χ2v) is 11.6. The standard InChI is InChI=1S/C27H33F5N8O2/c1-14(2)21-18(11-16-10-17(27(30,31)32)12-33-23(16)41)38-40-13-19(35-25(40)37-21)22(15-4-7-26(28,29)8-5-15)36-24(42)20-6-9-34-39(20)3/h6,9,13-17,22H,4-5,7-8,10-12H2,1-3H3,(H,33,41)(H,36,42)/t16-,17-,22+/m1/s1. The van der Waals surface area contributed by atoms with E-state index in [2.05, 4.69) is 30.8 Å². The van der Waals surface area contributed by atoms with Crippen molar-refractivity contribution in [2.24, 2.45) is 24.8 Å². The quantitative estimate of drug-likeness (QED) is 0.396. The molecule has 0 unspecified atom stereocenters. The summed E-state index contributed by atoms with van der Waals surface area (Å²) in [6.07, 6.45) is -2.10. The highest BCUT2D eigenvalue weighted by atomic mass is 19.4. The van der Waals surface area contributed by atoms with Crippen LogP contribution >= 0.6 is 0 Å². The van der Waals surface area contributed by atoms with Crippen molar-refractivity contribution in [1.29, 1.82) is 0 Å². The van der Waals surface area contributed by atoms with Gasteiger partial charge < -0.3 is 10.6 Å². The van der Waals surface area contributed by atoms with E-state index in [1.54, 1.807) is 19.3 Å². The van der Waals surface area contributed by atoms with Gasteiger partial charge in [0.1, 0.15) is 5.69 Å². The molecule has 10 nitrogen and oxygen atoms in total. The number of rotatable bonds is 7. The zero-order valence-electron chi connectivity index (χ0n) is 23.5. The van der Waals surface area contributed by atoms with Crippen LogP contribution < -0.4 is 10.6 Å². The van der Waals surface area contributed by atoms with Crippen LogP contribution in [0.1, 0.15) is 85.5 Å². The molecule has 0 aromatic carbocycles.